The van der Waals surface area contributed by atoms with Crippen LogP contribution < -0.4 is 10.6 Å². The predicted octanol–water partition coefficient (Wildman–Crippen LogP) is 0.898. The Morgan fingerprint density at radius 2 is 2.27 bits per heavy atom. The summed E-state index contributed by atoms with van der Waals surface area (Å²) in [5.74, 6) is -0.116. The summed E-state index contributed by atoms with van der Waals surface area (Å²) < 4.78 is 0. The van der Waals surface area contributed by atoms with Crippen molar-refractivity contribution in [1.29, 1.82) is 0 Å². The van der Waals surface area contributed by atoms with Crippen LogP contribution in [0, 0.1) is 0 Å². The number of aliphatic hydroxyl groups is 1. The van der Waals surface area contributed by atoms with E-state index in [1.807, 2.05) is 6.07 Å². The number of amides is 1. The Morgan fingerprint density at radius 3 is 2.87 bits per heavy atom. The van der Waals surface area contributed by atoms with Crippen LogP contribution in [0.2, 0.25) is 0 Å². The maximum atomic E-state index is 10.8. The minimum absolute atomic E-state index is 0.116. The molecule has 1 rings (SSSR count). The van der Waals surface area contributed by atoms with Gasteiger partial charge in [0.1, 0.15) is 0 Å². The number of carbonyl (C=O) groups excluding carboxylic acids is 1. The lowest BCUT2D eigenvalue weighted by molar-refractivity contribution is -0.114. The topological polar surface area (TPSA) is 61.4 Å². The molecule has 0 radical (unpaired) electrons. The zero-order chi connectivity index (χ0) is 11.3. The van der Waals surface area contributed by atoms with Gasteiger partial charge in [0.05, 0.1) is 6.10 Å². The molecule has 0 saturated heterocycles. The van der Waals surface area contributed by atoms with E-state index in [-0.39, 0.29) is 5.91 Å². The van der Waals surface area contributed by atoms with Gasteiger partial charge in [0.25, 0.3) is 0 Å². The summed E-state index contributed by atoms with van der Waals surface area (Å²) in [7, 11) is 1.78. The van der Waals surface area contributed by atoms with Gasteiger partial charge >= 0.3 is 0 Å². The van der Waals surface area contributed by atoms with Crippen LogP contribution in [0.15, 0.2) is 24.3 Å². The molecule has 0 heterocycles. The molecule has 4 nitrogen and oxygen atoms in total. The smallest absolute Gasteiger partial charge is 0.221 e. The van der Waals surface area contributed by atoms with Gasteiger partial charge in [-0.05, 0) is 24.7 Å². The fourth-order valence-corrected chi connectivity index (χ4v) is 1.34. The summed E-state index contributed by atoms with van der Waals surface area (Å²) in [6, 6.07) is 7.19. The Hall–Kier alpha value is -1.39. The lowest BCUT2D eigenvalue weighted by Gasteiger charge is -2.11. The Balaban J connectivity index is 2.77. The molecule has 15 heavy (non-hydrogen) atoms. The number of anilines is 1. The molecule has 0 aliphatic heterocycles. The molecule has 3 N–H and O–H groups in total. The first kappa shape index (κ1) is 11.7. The van der Waals surface area contributed by atoms with E-state index < -0.39 is 6.10 Å². The van der Waals surface area contributed by atoms with E-state index in [0.29, 0.717) is 12.2 Å². The Kier molecular flexibility index (Phi) is 4.27. The minimum Gasteiger partial charge on any atom is -0.387 e. The third kappa shape index (κ3) is 3.69. The Labute approximate surface area is 89.3 Å². The summed E-state index contributed by atoms with van der Waals surface area (Å²) >= 11 is 0. The minimum atomic E-state index is -0.552. The number of carbonyl (C=O) groups is 1. The highest BCUT2D eigenvalue weighted by Crippen LogP contribution is 2.16. The molecule has 0 saturated carbocycles. The molecule has 1 amide bonds. The Morgan fingerprint density at radius 1 is 1.53 bits per heavy atom. The average Bonchev–Trinajstić information content (AvgIpc) is 2.17. The lowest BCUT2D eigenvalue weighted by atomic mass is 10.1. The largest absolute Gasteiger partial charge is 0.387 e. The quantitative estimate of drug-likeness (QED) is 0.689. The number of hydrogen-bond donors (Lipinski definition) is 3. The molecule has 0 aromatic heterocycles. The highest BCUT2D eigenvalue weighted by atomic mass is 16.3. The summed E-state index contributed by atoms with van der Waals surface area (Å²) in [6.45, 7) is 1.94. The van der Waals surface area contributed by atoms with E-state index in [0.717, 1.165) is 5.56 Å². The van der Waals surface area contributed by atoms with Crippen molar-refractivity contribution in [3.63, 3.8) is 0 Å². The van der Waals surface area contributed by atoms with E-state index in [4.69, 9.17) is 0 Å². The fraction of sp³-hybridized carbons (Fsp3) is 0.364. The van der Waals surface area contributed by atoms with Crippen molar-refractivity contribution < 1.29 is 9.90 Å². The van der Waals surface area contributed by atoms with Gasteiger partial charge in [-0.25, -0.2) is 0 Å². The molecular formula is C11H16N2O2. The van der Waals surface area contributed by atoms with E-state index in [9.17, 15) is 9.90 Å². The van der Waals surface area contributed by atoms with Gasteiger partial charge in [-0.1, -0.05) is 12.1 Å². The predicted molar refractivity (Wildman–Crippen MR) is 59.6 cm³/mol. The standard InChI is InChI=1S/C11H16N2O2/c1-8(14)13-10-5-3-4-9(6-10)11(15)7-12-2/h3-6,11-12,15H,7H2,1-2H3,(H,13,14). The number of nitrogens with one attached hydrogen (secondary N) is 2. The monoisotopic (exact) mass is 208 g/mol. The molecule has 1 aromatic rings. The van der Waals surface area contributed by atoms with E-state index in [2.05, 4.69) is 10.6 Å². The normalized spacial score (nSPS) is 12.2. The summed E-state index contributed by atoms with van der Waals surface area (Å²) in [5.41, 5.74) is 1.49. The number of rotatable bonds is 4. The molecule has 0 aliphatic carbocycles. The van der Waals surface area contributed by atoms with Crippen molar-refractivity contribution >= 4 is 11.6 Å². The van der Waals surface area contributed by atoms with Crippen LogP contribution in [-0.4, -0.2) is 24.6 Å². The van der Waals surface area contributed by atoms with Crippen molar-refractivity contribution in [2.45, 2.75) is 13.0 Å². The first-order chi connectivity index (χ1) is 7.13. The average molecular weight is 208 g/mol. The molecule has 0 aliphatic rings. The molecule has 0 fully saturated rings. The third-order valence-corrected chi connectivity index (χ3v) is 1.99. The van der Waals surface area contributed by atoms with Gasteiger partial charge in [-0.15, -0.1) is 0 Å². The maximum Gasteiger partial charge on any atom is 0.221 e. The van der Waals surface area contributed by atoms with Gasteiger partial charge in [-0.3, -0.25) is 4.79 Å². The van der Waals surface area contributed by atoms with Crippen LogP contribution in [0.3, 0.4) is 0 Å². The van der Waals surface area contributed by atoms with Gasteiger partial charge in [-0.2, -0.15) is 0 Å². The summed E-state index contributed by atoms with van der Waals surface area (Å²) in [4.78, 5) is 10.8. The second-order valence-corrected chi connectivity index (χ2v) is 3.38. The van der Waals surface area contributed by atoms with Crippen molar-refractivity contribution in [2.24, 2.45) is 0 Å². The van der Waals surface area contributed by atoms with Gasteiger partial charge in [0.2, 0.25) is 5.91 Å². The molecule has 4 heteroatoms. The van der Waals surface area contributed by atoms with E-state index in [1.165, 1.54) is 6.92 Å². The first-order valence-corrected chi connectivity index (χ1v) is 4.83. The molecule has 0 bridgehead atoms. The molecular weight excluding hydrogens is 192 g/mol. The number of aliphatic hydroxyl groups excluding tert-OH is 1. The zero-order valence-corrected chi connectivity index (χ0v) is 8.95. The van der Waals surface area contributed by atoms with Crippen LogP contribution in [0.1, 0.15) is 18.6 Å². The van der Waals surface area contributed by atoms with Gasteiger partial charge < -0.3 is 15.7 Å². The maximum absolute atomic E-state index is 10.8. The first-order valence-electron chi connectivity index (χ1n) is 4.83. The van der Waals surface area contributed by atoms with Crippen molar-refractivity contribution in [2.75, 3.05) is 18.9 Å². The fourth-order valence-electron chi connectivity index (χ4n) is 1.34. The highest BCUT2D eigenvalue weighted by Gasteiger charge is 2.06. The Bertz CT molecular complexity index is 339. The number of hydrogen-bond acceptors (Lipinski definition) is 3. The summed E-state index contributed by atoms with van der Waals surface area (Å²) in [6.07, 6.45) is -0.552. The van der Waals surface area contributed by atoms with Gasteiger partial charge in [0.15, 0.2) is 0 Å². The van der Waals surface area contributed by atoms with Crippen LogP contribution in [0.25, 0.3) is 0 Å². The van der Waals surface area contributed by atoms with Crippen LogP contribution in [-0.2, 0) is 4.79 Å². The van der Waals surface area contributed by atoms with Crippen molar-refractivity contribution in [3.8, 4) is 0 Å². The highest BCUT2D eigenvalue weighted by molar-refractivity contribution is 5.88. The van der Waals surface area contributed by atoms with Gasteiger partial charge in [0, 0.05) is 19.2 Å². The van der Waals surface area contributed by atoms with Crippen molar-refractivity contribution in [1.82, 2.24) is 5.32 Å². The number of likely N-dealkylation sites (N-methyl/N-ethyl adjacent to an activating group) is 1. The van der Waals surface area contributed by atoms with Crippen molar-refractivity contribution in [3.05, 3.63) is 29.8 Å². The molecule has 1 aromatic carbocycles. The number of benzene rings is 1. The lowest BCUT2D eigenvalue weighted by Crippen LogP contribution is -2.17. The second-order valence-electron chi connectivity index (χ2n) is 3.38. The van der Waals surface area contributed by atoms with Crippen LogP contribution in [0.4, 0.5) is 5.69 Å². The molecule has 1 unspecified atom stereocenters. The molecule has 82 valence electrons. The molecule has 0 spiro atoms. The SMILES string of the molecule is CNCC(O)c1cccc(NC(C)=O)c1. The zero-order valence-electron chi connectivity index (χ0n) is 8.95. The molecule has 1 atom stereocenters. The second kappa shape index (κ2) is 5.48. The van der Waals surface area contributed by atoms with E-state index in [1.54, 1.807) is 25.2 Å². The summed E-state index contributed by atoms with van der Waals surface area (Å²) in [5, 5.41) is 15.3. The third-order valence-electron chi connectivity index (χ3n) is 1.99. The van der Waals surface area contributed by atoms with Crippen LogP contribution >= 0.6 is 0 Å². The van der Waals surface area contributed by atoms with E-state index >= 15 is 0 Å². The van der Waals surface area contributed by atoms with Crippen LogP contribution in [0.5, 0.6) is 0 Å².